The number of carbonyl (C=O) groups excluding carboxylic acids is 2. The largest absolute Gasteiger partial charge is 0.465 e. The number of esters is 2. The number of fused-ring (bicyclic) bond motifs is 1. The summed E-state index contributed by atoms with van der Waals surface area (Å²) in [6, 6.07) is 10.9. The number of rotatable bonds is 4. The highest BCUT2D eigenvalue weighted by atomic mass is 19.4. The molecule has 0 bridgehead atoms. The Labute approximate surface area is 151 Å². The van der Waals surface area contributed by atoms with Crippen LogP contribution in [0.15, 0.2) is 48.7 Å². The highest BCUT2D eigenvalue weighted by molar-refractivity contribution is 5.96. The fourth-order valence-corrected chi connectivity index (χ4v) is 2.49. The Hall–Kier alpha value is -3.36. The van der Waals surface area contributed by atoms with Crippen molar-refractivity contribution >= 4 is 17.6 Å². The molecule has 0 radical (unpaired) electrons. The maximum atomic E-state index is 12.4. The van der Waals surface area contributed by atoms with Crippen LogP contribution in [0, 0.1) is 0 Å². The molecular formula is C18H13F3N2O4. The summed E-state index contributed by atoms with van der Waals surface area (Å²) in [5, 5.41) is 0. The molecule has 3 aromatic rings. The Morgan fingerprint density at radius 3 is 2.41 bits per heavy atom. The minimum Gasteiger partial charge on any atom is -0.465 e. The SMILES string of the molecule is COC(=O)c1ccc(-c2nc3ccccn3c2C(=O)OCC(F)(F)F)cc1. The van der Waals surface area contributed by atoms with Gasteiger partial charge in [-0.3, -0.25) is 4.40 Å². The smallest absolute Gasteiger partial charge is 0.422 e. The molecule has 0 unspecified atom stereocenters. The molecule has 0 spiro atoms. The van der Waals surface area contributed by atoms with Crippen molar-refractivity contribution < 1.29 is 32.2 Å². The molecule has 0 saturated carbocycles. The van der Waals surface area contributed by atoms with E-state index in [9.17, 15) is 22.8 Å². The number of halogens is 3. The second-order valence-electron chi connectivity index (χ2n) is 5.50. The number of methoxy groups -OCH3 is 1. The number of hydrogen-bond acceptors (Lipinski definition) is 5. The van der Waals surface area contributed by atoms with Gasteiger partial charge in [0.1, 0.15) is 11.3 Å². The van der Waals surface area contributed by atoms with E-state index < -0.39 is 24.7 Å². The summed E-state index contributed by atoms with van der Waals surface area (Å²) >= 11 is 0. The second-order valence-corrected chi connectivity index (χ2v) is 5.50. The van der Waals surface area contributed by atoms with Crippen LogP contribution in [-0.2, 0) is 9.47 Å². The molecular weight excluding hydrogens is 365 g/mol. The average Bonchev–Trinajstić information content (AvgIpc) is 3.04. The number of hydrogen-bond donors (Lipinski definition) is 0. The Bertz CT molecular complexity index is 994. The van der Waals surface area contributed by atoms with E-state index in [1.165, 1.54) is 42.0 Å². The van der Waals surface area contributed by atoms with Crippen LogP contribution in [0.1, 0.15) is 20.8 Å². The first-order chi connectivity index (χ1) is 12.8. The fraction of sp³-hybridized carbons (Fsp3) is 0.167. The van der Waals surface area contributed by atoms with Crippen LogP contribution in [0.4, 0.5) is 13.2 Å². The van der Waals surface area contributed by atoms with Gasteiger partial charge in [-0.25, -0.2) is 14.6 Å². The third-order valence-corrected chi connectivity index (χ3v) is 3.67. The van der Waals surface area contributed by atoms with E-state index in [1.54, 1.807) is 18.2 Å². The van der Waals surface area contributed by atoms with Crippen molar-refractivity contribution in [2.45, 2.75) is 6.18 Å². The molecule has 0 aliphatic carbocycles. The lowest BCUT2D eigenvalue weighted by molar-refractivity contribution is -0.161. The van der Waals surface area contributed by atoms with Gasteiger partial charge in [0.2, 0.25) is 0 Å². The second kappa shape index (κ2) is 7.10. The van der Waals surface area contributed by atoms with Crippen molar-refractivity contribution in [3.63, 3.8) is 0 Å². The molecule has 140 valence electrons. The summed E-state index contributed by atoms with van der Waals surface area (Å²) in [5.74, 6) is -1.69. The predicted molar refractivity (Wildman–Crippen MR) is 88.3 cm³/mol. The van der Waals surface area contributed by atoms with Crippen LogP contribution < -0.4 is 0 Å². The Morgan fingerprint density at radius 2 is 1.78 bits per heavy atom. The molecule has 0 aliphatic rings. The topological polar surface area (TPSA) is 69.9 Å². The van der Waals surface area contributed by atoms with Gasteiger partial charge in [0, 0.05) is 11.8 Å². The third kappa shape index (κ3) is 3.91. The normalized spacial score (nSPS) is 11.4. The first kappa shape index (κ1) is 18.4. The van der Waals surface area contributed by atoms with Crippen LogP contribution in [0.2, 0.25) is 0 Å². The number of benzene rings is 1. The maximum absolute atomic E-state index is 12.4. The lowest BCUT2D eigenvalue weighted by Gasteiger charge is -2.09. The van der Waals surface area contributed by atoms with Gasteiger partial charge in [0.05, 0.1) is 12.7 Å². The van der Waals surface area contributed by atoms with Gasteiger partial charge < -0.3 is 9.47 Å². The minimum atomic E-state index is -4.64. The van der Waals surface area contributed by atoms with Gasteiger partial charge in [-0.05, 0) is 24.3 Å². The van der Waals surface area contributed by atoms with E-state index in [0.29, 0.717) is 11.2 Å². The van der Waals surface area contributed by atoms with Gasteiger partial charge in [-0.2, -0.15) is 13.2 Å². The van der Waals surface area contributed by atoms with Crippen molar-refractivity contribution in [2.24, 2.45) is 0 Å². The molecule has 3 rings (SSSR count). The fourth-order valence-electron chi connectivity index (χ4n) is 2.49. The summed E-state index contributed by atoms with van der Waals surface area (Å²) in [7, 11) is 1.24. The number of pyridine rings is 1. The monoisotopic (exact) mass is 378 g/mol. The molecule has 2 heterocycles. The highest BCUT2D eigenvalue weighted by Crippen LogP contribution is 2.26. The Kier molecular flexibility index (Phi) is 4.85. The quantitative estimate of drug-likeness (QED) is 0.650. The first-order valence-corrected chi connectivity index (χ1v) is 7.70. The molecule has 27 heavy (non-hydrogen) atoms. The number of alkyl halides is 3. The lowest BCUT2D eigenvalue weighted by Crippen LogP contribution is -2.21. The molecule has 0 saturated heterocycles. The number of carbonyl (C=O) groups is 2. The summed E-state index contributed by atoms with van der Waals surface area (Å²) in [5.41, 5.74) is 1.09. The van der Waals surface area contributed by atoms with Crippen molar-refractivity contribution in [3.8, 4) is 11.3 Å². The summed E-state index contributed by atoms with van der Waals surface area (Å²) in [6.45, 7) is -1.70. The van der Waals surface area contributed by atoms with Crippen LogP contribution in [0.25, 0.3) is 16.9 Å². The molecule has 0 fully saturated rings. The van der Waals surface area contributed by atoms with E-state index >= 15 is 0 Å². The predicted octanol–water partition coefficient (Wildman–Crippen LogP) is 3.51. The Balaban J connectivity index is 2.04. The molecule has 1 aromatic carbocycles. The maximum Gasteiger partial charge on any atom is 0.422 e. The van der Waals surface area contributed by atoms with E-state index in [0.717, 1.165) is 0 Å². The number of nitrogens with zero attached hydrogens (tertiary/aromatic N) is 2. The molecule has 0 aliphatic heterocycles. The van der Waals surface area contributed by atoms with Crippen molar-refractivity contribution in [3.05, 3.63) is 59.9 Å². The standard InChI is InChI=1S/C18H13F3N2O4/c1-26-16(24)12-7-5-11(6-8-12)14-15(17(25)27-10-18(19,20)21)23-9-3-2-4-13(23)22-14/h2-9H,10H2,1H3. The molecule has 0 amide bonds. The van der Waals surface area contributed by atoms with Gasteiger partial charge in [0.25, 0.3) is 0 Å². The lowest BCUT2D eigenvalue weighted by atomic mass is 10.1. The van der Waals surface area contributed by atoms with Crippen molar-refractivity contribution in [1.82, 2.24) is 9.38 Å². The zero-order valence-electron chi connectivity index (χ0n) is 14.0. The first-order valence-electron chi connectivity index (χ1n) is 7.70. The summed E-state index contributed by atoms with van der Waals surface area (Å²) < 4.78 is 47.6. The van der Waals surface area contributed by atoms with Gasteiger partial charge in [-0.1, -0.05) is 18.2 Å². The number of ether oxygens (including phenoxy) is 2. The molecule has 9 heteroatoms. The van der Waals surface area contributed by atoms with Crippen LogP contribution in [0.3, 0.4) is 0 Å². The zero-order valence-corrected chi connectivity index (χ0v) is 14.0. The van der Waals surface area contributed by atoms with Crippen LogP contribution in [0.5, 0.6) is 0 Å². The highest BCUT2D eigenvalue weighted by Gasteiger charge is 2.31. The summed E-state index contributed by atoms with van der Waals surface area (Å²) in [4.78, 5) is 28.2. The molecule has 6 nitrogen and oxygen atoms in total. The van der Waals surface area contributed by atoms with Crippen LogP contribution in [-0.4, -0.2) is 41.2 Å². The van der Waals surface area contributed by atoms with Crippen molar-refractivity contribution in [2.75, 3.05) is 13.7 Å². The Morgan fingerprint density at radius 1 is 1.07 bits per heavy atom. The average molecular weight is 378 g/mol. The van der Waals surface area contributed by atoms with Gasteiger partial charge in [-0.15, -0.1) is 0 Å². The van der Waals surface area contributed by atoms with Gasteiger partial charge >= 0.3 is 18.1 Å². The van der Waals surface area contributed by atoms with Gasteiger partial charge in [0.15, 0.2) is 12.3 Å². The number of imidazole rings is 1. The number of aromatic nitrogens is 2. The molecule has 0 atom stereocenters. The zero-order chi connectivity index (χ0) is 19.6. The van der Waals surface area contributed by atoms with E-state index in [2.05, 4.69) is 14.5 Å². The van der Waals surface area contributed by atoms with E-state index in [4.69, 9.17) is 0 Å². The van der Waals surface area contributed by atoms with Crippen LogP contribution >= 0.6 is 0 Å². The molecule has 2 aromatic heterocycles. The minimum absolute atomic E-state index is 0.138. The van der Waals surface area contributed by atoms with E-state index in [-0.39, 0.29) is 17.0 Å². The van der Waals surface area contributed by atoms with Crippen molar-refractivity contribution in [1.29, 1.82) is 0 Å². The third-order valence-electron chi connectivity index (χ3n) is 3.67. The molecule has 0 N–H and O–H groups in total. The summed E-state index contributed by atoms with van der Waals surface area (Å²) in [6.07, 6.45) is -3.14. The van der Waals surface area contributed by atoms with E-state index in [1.807, 2.05) is 0 Å².